The van der Waals surface area contributed by atoms with E-state index in [-0.39, 0.29) is 17.7 Å². The number of nitrogens with zero attached hydrogens (tertiary/aromatic N) is 2. The lowest BCUT2D eigenvalue weighted by Gasteiger charge is -2.38. The number of hydrogen-bond donors (Lipinski definition) is 0. The van der Waals surface area contributed by atoms with Crippen molar-refractivity contribution in [1.82, 2.24) is 4.90 Å². The molecule has 1 fully saturated rings. The summed E-state index contributed by atoms with van der Waals surface area (Å²) in [7, 11) is 1.47. The molecule has 4 nitrogen and oxygen atoms in total. The van der Waals surface area contributed by atoms with Crippen molar-refractivity contribution in [2.24, 2.45) is 5.92 Å². The zero-order valence-electron chi connectivity index (χ0n) is 18.6. The van der Waals surface area contributed by atoms with Gasteiger partial charge in [0, 0.05) is 30.7 Å². The van der Waals surface area contributed by atoms with Crippen LogP contribution in [0.5, 0.6) is 0 Å². The van der Waals surface area contributed by atoms with Gasteiger partial charge in [0.25, 0.3) is 0 Å². The van der Waals surface area contributed by atoms with Gasteiger partial charge in [-0.05, 0) is 55.1 Å². The highest BCUT2D eigenvalue weighted by Gasteiger charge is 2.44. The van der Waals surface area contributed by atoms with Crippen LogP contribution in [-0.4, -0.2) is 50.7 Å². The molecule has 3 rings (SSSR count). The zero-order valence-corrected chi connectivity index (χ0v) is 20.2. The molecule has 2 aromatic rings. The monoisotopic (exact) mass is 490 g/mol. The Labute approximate surface area is 193 Å². The summed E-state index contributed by atoms with van der Waals surface area (Å²) in [5, 5.41) is 0. The molecule has 0 spiro atoms. The fourth-order valence-corrected chi connectivity index (χ4v) is 4.92. The van der Waals surface area contributed by atoms with Crippen LogP contribution in [0.4, 0.5) is 10.1 Å². The predicted octanol–water partition coefficient (Wildman–Crippen LogP) is 5.26. The van der Waals surface area contributed by atoms with Crippen LogP contribution in [0.2, 0.25) is 0 Å². The van der Waals surface area contributed by atoms with E-state index in [9.17, 15) is 9.18 Å². The molecule has 31 heavy (non-hydrogen) atoms. The van der Waals surface area contributed by atoms with Crippen molar-refractivity contribution in [3.05, 3.63) is 64.4 Å². The number of ether oxygens (including phenoxy) is 1. The van der Waals surface area contributed by atoms with E-state index in [0.717, 1.165) is 55.6 Å². The fraction of sp³-hybridized carbons (Fsp3) is 0.480. The molecule has 0 amide bonds. The third-order valence-electron chi connectivity index (χ3n) is 6.51. The van der Waals surface area contributed by atoms with Crippen LogP contribution in [0.1, 0.15) is 32.3 Å². The van der Waals surface area contributed by atoms with Crippen LogP contribution in [0.15, 0.2) is 53.0 Å². The van der Waals surface area contributed by atoms with E-state index in [4.69, 9.17) is 4.74 Å². The van der Waals surface area contributed by atoms with Gasteiger partial charge in [0.05, 0.1) is 18.2 Å². The van der Waals surface area contributed by atoms with Crippen LogP contribution in [0.3, 0.4) is 0 Å². The van der Waals surface area contributed by atoms with Gasteiger partial charge in [-0.15, -0.1) is 0 Å². The highest BCUT2D eigenvalue weighted by molar-refractivity contribution is 9.10. The minimum atomic E-state index is -0.662. The number of rotatable bonds is 8. The highest BCUT2D eigenvalue weighted by Crippen LogP contribution is 2.39. The average Bonchev–Trinajstić information content (AvgIpc) is 2.78. The maximum atomic E-state index is 14.1. The van der Waals surface area contributed by atoms with Gasteiger partial charge in [0.15, 0.2) is 0 Å². The molecule has 1 atom stereocenters. The molecule has 0 saturated carbocycles. The van der Waals surface area contributed by atoms with Gasteiger partial charge >= 0.3 is 5.97 Å². The number of carbonyl (C=O) groups excluding carboxylic acids is 1. The minimum absolute atomic E-state index is 0.110. The molecule has 0 radical (unpaired) electrons. The lowest BCUT2D eigenvalue weighted by Crippen LogP contribution is -2.47. The summed E-state index contributed by atoms with van der Waals surface area (Å²) >= 11 is 3.48. The molecule has 1 aliphatic heterocycles. The molecule has 0 bridgehead atoms. The number of piperazine rings is 1. The van der Waals surface area contributed by atoms with Gasteiger partial charge in [0.1, 0.15) is 5.82 Å². The molecule has 6 heteroatoms. The molecule has 0 N–H and O–H groups in total. The second kappa shape index (κ2) is 10.6. The predicted molar refractivity (Wildman–Crippen MR) is 127 cm³/mol. The summed E-state index contributed by atoms with van der Waals surface area (Å²) in [4.78, 5) is 17.5. The molecular formula is C25H32BrFN2O2. The summed E-state index contributed by atoms with van der Waals surface area (Å²) in [6.45, 7) is 8.48. The molecule has 1 heterocycles. The Hall–Kier alpha value is -1.92. The van der Waals surface area contributed by atoms with Crippen molar-refractivity contribution in [2.45, 2.75) is 32.1 Å². The number of hydrogen-bond acceptors (Lipinski definition) is 4. The summed E-state index contributed by atoms with van der Waals surface area (Å²) in [5.74, 6) is -0.224. The number of esters is 1. The Morgan fingerprint density at radius 2 is 1.74 bits per heavy atom. The number of halogens is 2. The third-order valence-corrected chi connectivity index (χ3v) is 7.03. The molecule has 168 valence electrons. The standard InChI is InChI=1S/C25H32BrFN2O2/c1-19(2)25(24(30)31-3,20-9-11-21(26)12-10-20)13-6-14-28-15-17-29(18-16-28)23-8-5-4-7-22(23)27/h4-5,7-12,19H,6,13-18H2,1-3H3. The van der Waals surface area contributed by atoms with Gasteiger partial charge in [-0.3, -0.25) is 9.69 Å². The Bertz CT molecular complexity index is 866. The van der Waals surface area contributed by atoms with Crippen molar-refractivity contribution in [2.75, 3.05) is 44.7 Å². The second-order valence-corrected chi connectivity index (χ2v) is 9.42. The lowest BCUT2D eigenvalue weighted by molar-refractivity contribution is -0.150. The molecule has 0 aliphatic carbocycles. The Morgan fingerprint density at radius 1 is 1.10 bits per heavy atom. The molecule has 1 saturated heterocycles. The highest BCUT2D eigenvalue weighted by atomic mass is 79.9. The fourth-order valence-electron chi connectivity index (χ4n) is 4.65. The zero-order chi connectivity index (χ0) is 22.4. The van der Waals surface area contributed by atoms with E-state index in [0.29, 0.717) is 5.69 Å². The van der Waals surface area contributed by atoms with E-state index in [1.165, 1.54) is 13.2 Å². The Morgan fingerprint density at radius 3 is 2.32 bits per heavy atom. The van der Waals surface area contributed by atoms with Gasteiger partial charge in [0.2, 0.25) is 0 Å². The van der Waals surface area contributed by atoms with E-state index < -0.39 is 5.41 Å². The van der Waals surface area contributed by atoms with Crippen molar-refractivity contribution < 1.29 is 13.9 Å². The SMILES string of the molecule is COC(=O)C(CCCN1CCN(c2ccccc2F)CC1)(c1ccc(Br)cc1)C(C)C. The maximum Gasteiger partial charge on any atom is 0.316 e. The van der Waals surface area contributed by atoms with Crippen LogP contribution in [0, 0.1) is 11.7 Å². The van der Waals surface area contributed by atoms with Crippen LogP contribution < -0.4 is 4.90 Å². The minimum Gasteiger partial charge on any atom is -0.468 e. The number of para-hydroxylation sites is 1. The summed E-state index contributed by atoms with van der Waals surface area (Å²) in [5.41, 5.74) is 1.02. The van der Waals surface area contributed by atoms with Crippen molar-refractivity contribution in [3.8, 4) is 0 Å². The van der Waals surface area contributed by atoms with Crippen molar-refractivity contribution in [3.63, 3.8) is 0 Å². The maximum absolute atomic E-state index is 14.1. The largest absolute Gasteiger partial charge is 0.468 e. The first kappa shape index (κ1) is 23.7. The molecule has 1 unspecified atom stereocenters. The van der Waals surface area contributed by atoms with Crippen molar-refractivity contribution >= 4 is 27.6 Å². The van der Waals surface area contributed by atoms with Gasteiger partial charge in [-0.1, -0.05) is 54.0 Å². The van der Waals surface area contributed by atoms with E-state index in [1.54, 1.807) is 6.07 Å². The summed E-state index contributed by atoms with van der Waals surface area (Å²) in [6, 6.07) is 15.0. The van der Waals surface area contributed by atoms with Crippen LogP contribution in [0.25, 0.3) is 0 Å². The van der Waals surface area contributed by atoms with Gasteiger partial charge < -0.3 is 9.64 Å². The summed E-state index contributed by atoms with van der Waals surface area (Å²) < 4.78 is 20.3. The molecule has 1 aliphatic rings. The molecular weight excluding hydrogens is 459 g/mol. The van der Waals surface area contributed by atoms with Crippen LogP contribution in [-0.2, 0) is 14.9 Å². The number of methoxy groups -OCH3 is 1. The first-order valence-corrected chi connectivity index (χ1v) is 11.7. The van der Waals surface area contributed by atoms with E-state index >= 15 is 0 Å². The van der Waals surface area contributed by atoms with Gasteiger partial charge in [-0.25, -0.2) is 4.39 Å². The van der Waals surface area contributed by atoms with Crippen molar-refractivity contribution in [1.29, 1.82) is 0 Å². The first-order chi connectivity index (χ1) is 14.9. The molecule has 0 aromatic heterocycles. The number of benzene rings is 2. The normalized spacial score (nSPS) is 16.9. The topological polar surface area (TPSA) is 32.8 Å². The number of carbonyl (C=O) groups is 1. The summed E-state index contributed by atoms with van der Waals surface area (Å²) in [6.07, 6.45) is 1.62. The number of anilines is 1. The Kier molecular flexibility index (Phi) is 8.11. The first-order valence-electron chi connectivity index (χ1n) is 10.9. The quantitative estimate of drug-likeness (QED) is 0.472. The second-order valence-electron chi connectivity index (χ2n) is 8.51. The third kappa shape index (κ3) is 5.29. The molecule has 2 aromatic carbocycles. The van der Waals surface area contributed by atoms with Crippen LogP contribution >= 0.6 is 15.9 Å². The van der Waals surface area contributed by atoms with E-state index in [2.05, 4.69) is 39.6 Å². The Balaban J connectivity index is 1.63. The van der Waals surface area contributed by atoms with E-state index in [1.807, 2.05) is 36.4 Å². The average molecular weight is 491 g/mol. The van der Waals surface area contributed by atoms with Gasteiger partial charge in [-0.2, -0.15) is 0 Å². The lowest BCUT2D eigenvalue weighted by atomic mass is 9.68. The smallest absolute Gasteiger partial charge is 0.316 e.